The van der Waals surface area contributed by atoms with Gasteiger partial charge in [-0.25, -0.2) is 0 Å². The number of carbonyl (C=O) groups is 2. The third-order valence-corrected chi connectivity index (χ3v) is 22.0. The Bertz CT molecular complexity index is 2410. The van der Waals surface area contributed by atoms with Crippen LogP contribution < -0.4 is 0 Å². The second kappa shape index (κ2) is 20.6. The Labute approximate surface area is 469 Å². The summed E-state index contributed by atoms with van der Waals surface area (Å²) in [5, 5.41) is 20.4. The maximum Gasteiger partial charge on any atom is 0.308 e. The monoisotopic (exact) mass is 1120 g/mol. The first-order valence-electron chi connectivity index (χ1n) is 31.2. The molecular weight excluding hydrogens is 1040 g/mol. The average Bonchev–Trinajstić information content (AvgIpc) is 4.25. The van der Waals surface area contributed by atoms with Crippen LogP contribution in [-0.4, -0.2) is 192 Å². The lowest BCUT2D eigenvalue weighted by molar-refractivity contribution is -0.371. The van der Waals surface area contributed by atoms with E-state index in [0.29, 0.717) is 64.2 Å². The third-order valence-electron chi connectivity index (χ3n) is 22.0. The third kappa shape index (κ3) is 9.51. The fourth-order valence-corrected chi connectivity index (χ4v) is 18.3. The molecule has 0 saturated carbocycles. The molecule has 0 aliphatic carbocycles. The van der Waals surface area contributed by atoms with E-state index in [1.807, 2.05) is 0 Å². The minimum Gasteiger partial charge on any atom is -0.459 e. The number of aliphatic hydroxyl groups is 2. The molecular formula is C61H86O19. The van der Waals surface area contributed by atoms with Gasteiger partial charge in [-0.3, -0.25) is 9.59 Å². The van der Waals surface area contributed by atoms with E-state index >= 15 is 0 Å². The second-order valence-electron chi connectivity index (χ2n) is 27.7. The van der Waals surface area contributed by atoms with Gasteiger partial charge >= 0.3 is 5.97 Å². The van der Waals surface area contributed by atoms with Gasteiger partial charge in [-0.05, 0) is 73.8 Å². The molecule has 0 radical (unpaired) electrons. The number of hydrogen-bond donors (Lipinski definition) is 2. The highest BCUT2D eigenvalue weighted by atomic mass is 16.8. The van der Waals surface area contributed by atoms with Crippen molar-refractivity contribution < 1.29 is 90.9 Å². The molecule has 19 heteroatoms. The van der Waals surface area contributed by atoms with E-state index in [2.05, 4.69) is 40.9 Å². The van der Waals surface area contributed by atoms with Crippen molar-refractivity contribution >= 4 is 11.8 Å². The summed E-state index contributed by atoms with van der Waals surface area (Å²) in [4.78, 5) is 27.0. The minimum absolute atomic E-state index is 0.0122. The lowest BCUT2D eigenvalue weighted by Crippen LogP contribution is -2.62. The molecule has 16 heterocycles. The zero-order valence-corrected chi connectivity index (χ0v) is 47.1. The van der Waals surface area contributed by atoms with Crippen molar-refractivity contribution in [1.82, 2.24) is 0 Å². The molecule has 0 aromatic carbocycles. The van der Waals surface area contributed by atoms with Crippen molar-refractivity contribution in [2.45, 2.75) is 314 Å². The second-order valence-corrected chi connectivity index (χ2v) is 27.7. The van der Waals surface area contributed by atoms with Crippen molar-refractivity contribution in [2.24, 2.45) is 23.7 Å². The van der Waals surface area contributed by atoms with Gasteiger partial charge in [0.05, 0.1) is 116 Å². The van der Waals surface area contributed by atoms with Crippen LogP contribution >= 0.6 is 0 Å². The Morgan fingerprint density at radius 3 is 2.05 bits per heavy atom. The van der Waals surface area contributed by atoms with Gasteiger partial charge in [0.15, 0.2) is 17.4 Å². The van der Waals surface area contributed by atoms with E-state index in [-0.39, 0.29) is 159 Å². The topological polar surface area (TPSA) is 213 Å². The van der Waals surface area contributed by atoms with E-state index in [1.165, 1.54) is 0 Å². The number of ether oxygens (including phenoxy) is 15. The van der Waals surface area contributed by atoms with E-state index in [4.69, 9.17) is 71.1 Å². The van der Waals surface area contributed by atoms with Crippen LogP contribution in [0.2, 0.25) is 0 Å². The Balaban J connectivity index is 0.652. The Kier molecular flexibility index (Phi) is 14.0. The minimum atomic E-state index is -0.939. The summed E-state index contributed by atoms with van der Waals surface area (Å²) in [6.45, 7) is 17.6. The molecule has 31 atom stereocenters. The van der Waals surface area contributed by atoms with Crippen LogP contribution in [0, 0.1) is 23.7 Å². The first-order chi connectivity index (χ1) is 38.5. The number of fused-ring (bicyclic) bond motifs is 10. The first-order valence-corrected chi connectivity index (χ1v) is 31.2. The van der Waals surface area contributed by atoms with Gasteiger partial charge in [-0.1, -0.05) is 40.9 Å². The van der Waals surface area contributed by atoms with E-state index in [9.17, 15) is 19.8 Å². The summed E-state index contributed by atoms with van der Waals surface area (Å²) in [5.41, 5.74) is 2.15. The standard InChI is InChI=1S/C61H86O19/c1-27-15-34-7-9-38-28(2)16-36(66-38)11-13-59-25-47-55(79-59)56-57(73-47)58(80-59)54-39(70-56)10-8-35(68-54)18-49(65)74-53-32(6)52-44(69-43(53)20-40(67-34)31(27)5)21-42-46(72-52)24-61(75-42)26-48-51(78-61)30(4)23-60(77-48)22-29(3)50-45(76-60)19-37(64)41(71-50)17-33(63)12-14-62/h27,29-30,32,34-48,50-58,62,64H,2,5,7-26H2,1,3-4,6H3/t27-,29+,30+,32+,34+,35-,36+,37-,38+,39+,40-,41-,42-,43+,44+,45+,46-,47+,48+,50+,51+,52+,53-,54+,55-,56+,57-,58+,59-,60-,61+/m1/s1. The highest BCUT2D eigenvalue weighted by Crippen LogP contribution is 2.58. The van der Waals surface area contributed by atoms with Gasteiger partial charge in [0, 0.05) is 83.2 Å². The summed E-state index contributed by atoms with van der Waals surface area (Å²) < 4.78 is 104. The average molecular weight is 1120 g/mol. The van der Waals surface area contributed by atoms with Gasteiger partial charge in [0.2, 0.25) is 0 Å². The summed E-state index contributed by atoms with van der Waals surface area (Å²) >= 11 is 0. The highest BCUT2D eigenvalue weighted by molar-refractivity contribution is 5.79. The van der Waals surface area contributed by atoms with Crippen LogP contribution in [-0.2, 0) is 80.6 Å². The molecule has 16 aliphatic heterocycles. The maximum absolute atomic E-state index is 14.6. The zero-order valence-electron chi connectivity index (χ0n) is 47.1. The van der Waals surface area contributed by atoms with E-state index < -0.39 is 66.2 Å². The SMILES string of the molecule is C=C1C[C@@H]2CC[C@]34C[C@@H]5O[C@H]6[C@@H](O3)[C@H]3O[C@H](CC[C@@H]3O[C@H]6[C@@H]5O4)CC(=O)O[C@@H]3[C@@H](C)[C@@H]4O[C@@H]5C[C@]6(C[C@@H]7O[C@]8(C[C@H](C)[C@@H]9O[C@H](CC(=O)CCO)[C@H](O)C[C@@H]9O8)C[C@H](C)[C@@H]7O6)O[C@@H]5C[C@@H]4O[C@H]3C[C@H]3O[C@@H](CC[C@@H]1O2)C[C@@H](C)C3=C. The predicted octanol–water partition coefficient (Wildman–Crippen LogP) is 5.52. The predicted molar refractivity (Wildman–Crippen MR) is 277 cm³/mol. The van der Waals surface area contributed by atoms with Gasteiger partial charge in [0.25, 0.3) is 0 Å². The first kappa shape index (κ1) is 54.6. The lowest BCUT2D eigenvalue weighted by atomic mass is 9.78. The number of ketones is 1. The number of carbonyl (C=O) groups excluding carboxylic acids is 2. The molecule has 2 N–H and O–H groups in total. The smallest absolute Gasteiger partial charge is 0.308 e. The van der Waals surface area contributed by atoms with Crippen LogP contribution in [0.3, 0.4) is 0 Å². The summed E-state index contributed by atoms with van der Waals surface area (Å²) in [5.74, 6) is -3.05. The number of aliphatic hydroxyl groups excluding tert-OH is 2. The summed E-state index contributed by atoms with van der Waals surface area (Å²) in [7, 11) is 0. The molecule has 16 aliphatic rings. The number of rotatable bonds is 4. The molecule has 19 nitrogen and oxygen atoms in total. The molecule has 444 valence electrons. The molecule has 16 fully saturated rings. The quantitative estimate of drug-likeness (QED) is 0.262. The van der Waals surface area contributed by atoms with Crippen molar-refractivity contribution in [3.8, 4) is 0 Å². The van der Waals surface area contributed by atoms with Crippen LogP contribution in [0.15, 0.2) is 24.3 Å². The largest absolute Gasteiger partial charge is 0.459 e. The van der Waals surface area contributed by atoms with Crippen molar-refractivity contribution in [3.05, 3.63) is 24.3 Å². The Morgan fingerprint density at radius 1 is 0.525 bits per heavy atom. The molecule has 0 amide bonds. The summed E-state index contributed by atoms with van der Waals surface area (Å²) in [6, 6.07) is 0. The molecule has 80 heavy (non-hydrogen) atoms. The van der Waals surface area contributed by atoms with Gasteiger partial charge in [-0.15, -0.1) is 0 Å². The molecule has 16 rings (SSSR count). The van der Waals surface area contributed by atoms with Crippen LogP contribution in [0.25, 0.3) is 0 Å². The van der Waals surface area contributed by atoms with Gasteiger partial charge in [0.1, 0.15) is 42.4 Å². The Morgan fingerprint density at radius 2 is 1.20 bits per heavy atom. The van der Waals surface area contributed by atoms with Gasteiger partial charge < -0.3 is 81.3 Å². The number of hydrogen-bond acceptors (Lipinski definition) is 19. The summed E-state index contributed by atoms with van der Waals surface area (Å²) in [6.07, 6.45) is 2.59. The van der Waals surface area contributed by atoms with Gasteiger partial charge in [-0.2, -0.15) is 0 Å². The van der Waals surface area contributed by atoms with Crippen LogP contribution in [0.1, 0.15) is 150 Å². The van der Waals surface area contributed by atoms with Crippen molar-refractivity contribution in [1.29, 1.82) is 0 Å². The maximum atomic E-state index is 14.6. The molecule has 12 bridgehead atoms. The molecule has 0 aromatic rings. The van der Waals surface area contributed by atoms with Crippen LogP contribution in [0.5, 0.6) is 0 Å². The van der Waals surface area contributed by atoms with Crippen molar-refractivity contribution in [3.63, 3.8) is 0 Å². The highest BCUT2D eigenvalue weighted by Gasteiger charge is 2.70. The molecule has 16 saturated heterocycles. The molecule has 3 spiro atoms. The van der Waals surface area contributed by atoms with Crippen LogP contribution in [0.4, 0.5) is 0 Å². The van der Waals surface area contributed by atoms with Crippen molar-refractivity contribution in [2.75, 3.05) is 6.61 Å². The number of esters is 1. The van der Waals surface area contributed by atoms with E-state index in [0.717, 1.165) is 49.7 Å². The van der Waals surface area contributed by atoms with E-state index in [1.54, 1.807) is 0 Å². The fraction of sp³-hybridized carbons (Fsp3) is 0.902. The molecule has 0 unspecified atom stereocenters. The Hall–Kier alpha value is -2.02. The number of Topliss-reactive ketones (excluding diaryl/α,β-unsaturated/α-hetero) is 1. The normalized spacial score (nSPS) is 56.9. The fourth-order valence-electron chi connectivity index (χ4n) is 18.3. The zero-order chi connectivity index (χ0) is 54.7. The lowest BCUT2D eigenvalue weighted by Gasteiger charge is -2.54. The molecule has 0 aromatic heterocycles.